The van der Waals surface area contributed by atoms with E-state index in [0.717, 1.165) is 4.88 Å². The van der Waals surface area contributed by atoms with Crippen LogP contribution in [0.1, 0.15) is 30.3 Å². The molecule has 1 saturated heterocycles. The van der Waals surface area contributed by atoms with Gasteiger partial charge in [-0.2, -0.15) is 0 Å². The first-order chi connectivity index (χ1) is 11.2. The van der Waals surface area contributed by atoms with E-state index in [1.54, 1.807) is 17.9 Å². The van der Waals surface area contributed by atoms with Crippen LogP contribution in [-0.4, -0.2) is 41.6 Å². The molecule has 0 spiro atoms. The summed E-state index contributed by atoms with van der Waals surface area (Å²) in [5.41, 5.74) is 0.308. The summed E-state index contributed by atoms with van der Waals surface area (Å²) in [5, 5.41) is 5.82. The molecule has 3 heterocycles. The highest BCUT2D eigenvalue weighted by molar-refractivity contribution is 7.13. The molecule has 0 N–H and O–H groups in total. The number of hydrogen-bond acceptors (Lipinski definition) is 6. The molecule has 0 bridgehead atoms. The van der Waals surface area contributed by atoms with E-state index in [2.05, 4.69) is 5.16 Å². The highest BCUT2D eigenvalue weighted by Crippen LogP contribution is 2.26. The number of rotatable bonds is 4. The topological polar surface area (TPSA) is 72.6 Å². The van der Waals surface area contributed by atoms with Crippen molar-refractivity contribution < 1.29 is 18.8 Å². The number of thiophene rings is 1. The quantitative estimate of drug-likeness (QED) is 0.804. The van der Waals surface area contributed by atoms with Crippen LogP contribution in [0.4, 0.5) is 0 Å². The molecule has 0 atom stereocenters. The summed E-state index contributed by atoms with van der Waals surface area (Å²) in [6.45, 7) is 3.25. The van der Waals surface area contributed by atoms with Crippen molar-refractivity contribution in [3.8, 4) is 10.6 Å². The predicted octanol–water partition coefficient (Wildman–Crippen LogP) is 2.82. The molecule has 1 fully saturated rings. The lowest BCUT2D eigenvalue weighted by Crippen LogP contribution is -2.40. The number of ether oxygens (including phenoxy) is 1. The summed E-state index contributed by atoms with van der Waals surface area (Å²) in [4.78, 5) is 26.9. The normalized spacial score (nSPS) is 15.6. The van der Waals surface area contributed by atoms with Gasteiger partial charge in [0.1, 0.15) is 0 Å². The summed E-state index contributed by atoms with van der Waals surface area (Å²) in [6.07, 6.45) is 1.25. The Morgan fingerprint density at radius 3 is 2.87 bits per heavy atom. The van der Waals surface area contributed by atoms with E-state index in [0.29, 0.717) is 44.0 Å². The third-order valence-electron chi connectivity index (χ3n) is 3.90. The van der Waals surface area contributed by atoms with Gasteiger partial charge in [0.2, 0.25) is 0 Å². The van der Waals surface area contributed by atoms with Gasteiger partial charge in [-0.3, -0.25) is 9.59 Å². The highest BCUT2D eigenvalue weighted by atomic mass is 32.1. The van der Waals surface area contributed by atoms with Crippen molar-refractivity contribution in [2.45, 2.75) is 19.8 Å². The highest BCUT2D eigenvalue weighted by Gasteiger charge is 2.29. The minimum atomic E-state index is -0.166. The summed E-state index contributed by atoms with van der Waals surface area (Å²) < 4.78 is 10.3. The van der Waals surface area contributed by atoms with Gasteiger partial charge in [-0.1, -0.05) is 11.2 Å². The van der Waals surface area contributed by atoms with Crippen molar-refractivity contribution in [2.24, 2.45) is 5.92 Å². The first-order valence-electron chi connectivity index (χ1n) is 7.65. The molecule has 0 aliphatic carbocycles. The second-order valence-corrected chi connectivity index (χ2v) is 6.32. The predicted molar refractivity (Wildman–Crippen MR) is 85.1 cm³/mol. The fraction of sp³-hybridized carbons (Fsp3) is 0.438. The fourth-order valence-corrected chi connectivity index (χ4v) is 3.32. The molecule has 23 heavy (non-hydrogen) atoms. The smallest absolute Gasteiger partial charge is 0.309 e. The number of likely N-dealkylation sites (tertiary alicyclic amines) is 1. The first-order valence-corrected chi connectivity index (χ1v) is 8.53. The number of carbonyl (C=O) groups excluding carboxylic acids is 2. The fourth-order valence-electron chi connectivity index (χ4n) is 2.65. The Balaban J connectivity index is 1.60. The Hall–Kier alpha value is -2.15. The van der Waals surface area contributed by atoms with Gasteiger partial charge < -0.3 is 14.2 Å². The van der Waals surface area contributed by atoms with Crippen LogP contribution in [0, 0.1) is 5.92 Å². The zero-order valence-electron chi connectivity index (χ0n) is 12.9. The molecule has 3 rings (SSSR count). The minimum Gasteiger partial charge on any atom is -0.466 e. The summed E-state index contributed by atoms with van der Waals surface area (Å²) in [7, 11) is 0. The molecule has 1 aliphatic rings. The first kappa shape index (κ1) is 15.7. The Labute approximate surface area is 138 Å². The molecule has 1 amide bonds. The molecular formula is C16H18N2O4S. The lowest BCUT2D eigenvalue weighted by Gasteiger charge is -2.30. The van der Waals surface area contributed by atoms with Gasteiger partial charge in [-0.15, -0.1) is 11.3 Å². The molecule has 0 saturated carbocycles. The van der Waals surface area contributed by atoms with Crippen LogP contribution in [0.3, 0.4) is 0 Å². The monoisotopic (exact) mass is 334 g/mol. The van der Waals surface area contributed by atoms with Gasteiger partial charge in [-0.25, -0.2) is 0 Å². The largest absolute Gasteiger partial charge is 0.466 e. The maximum absolute atomic E-state index is 12.5. The van der Waals surface area contributed by atoms with Crippen molar-refractivity contribution in [3.05, 3.63) is 29.3 Å². The number of nitrogens with zero attached hydrogens (tertiary/aromatic N) is 2. The van der Waals surface area contributed by atoms with Crippen LogP contribution in [0.2, 0.25) is 0 Å². The number of aromatic nitrogens is 1. The molecule has 0 unspecified atom stereocenters. The Bertz CT molecular complexity index is 672. The Morgan fingerprint density at radius 2 is 2.22 bits per heavy atom. The summed E-state index contributed by atoms with van der Waals surface area (Å²) in [5.74, 6) is 0.169. The molecule has 0 aromatic carbocycles. The van der Waals surface area contributed by atoms with Gasteiger partial charge in [0.15, 0.2) is 11.5 Å². The van der Waals surface area contributed by atoms with Crippen LogP contribution in [0.25, 0.3) is 10.6 Å². The number of hydrogen-bond donors (Lipinski definition) is 0. The Kier molecular flexibility index (Phi) is 4.76. The maximum Gasteiger partial charge on any atom is 0.309 e. The molecule has 0 radical (unpaired) electrons. The van der Waals surface area contributed by atoms with Gasteiger partial charge in [-0.05, 0) is 31.2 Å². The van der Waals surface area contributed by atoms with E-state index in [-0.39, 0.29) is 17.8 Å². The van der Waals surface area contributed by atoms with Gasteiger partial charge in [0, 0.05) is 19.2 Å². The second-order valence-electron chi connectivity index (χ2n) is 5.37. The van der Waals surface area contributed by atoms with Crippen LogP contribution >= 0.6 is 11.3 Å². The summed E-state index contributed by atoms with van der Waals surface area (Å²) >= 11 is 1.53. The zero-order valence-corrected chi connectivity index (χ0v) is 13.7. The lowest BCUT2D eigenvalue weighted by atomic mass is 9.97. The molecule has 122 valence electrons. The van der Waals surface area contributed by atoms with Crippen molar-refractivity contribution >= 4 is 23.2 Å². The standard InChI is InChI=1S/C16H18N2O4S/c1-2-21-16(20)11-5-7-18(8-6-11)15(19)12-10-13(22-17-12)14-4-3-9-23-14/h3-4,9-11H,2,5-8H2,1H3. The number of amides is 1. The number of piperidine rings is 1. The average Bonchev–Trinajstić information content (AvgIpc) is 3.25. The van der Waals surface area contributed by atoms with E-state index in [4.69, 9.17) is 9.26 Å². The van der Waals surface area contributed by atoms with Crippen LogP contribution < -0.4 is 0 Å². The third-order valence-corrected chi connectivity index (χ3v) is 4.78. The van der Waals surface area contributed by atoms with Crippen molar-refractivity contribution in [1.82, 2.24) is 10.1 Å². The number of carbonyl (C=O) groups is 2. The van der Waals surface area contributed by atoms with E-state index in [1.165, 1.54) is 11.3 Å². The van der Waals surface area contributed by atoms with Crippen LogP contribution in [0.5, 0.6) is 0 Å². The van der Waals surface area contributed by atoms with E-state index in [1.807, 2.05) is 17.5 Å². The minimum absolute atomic E-state index is 0.113. The molecule has 1 aliphatic heterocycles. The SMILES string of the molecule is CCOC(=O)C1CCN(C(=O)c2cc(-c3cccs3)on2)CC1. The van der Waals surface area contributed by atoms with Crippen LogP contribution in [0.15, 0.2) is 28.1 Å². The van der Waals surface area contributed by atoms with Gasteiger partial charge in [0.05, 0.1) is 17.4 Å². The maximum atomic E-state index is 12.5. The number of esters is 1. The third kappa shape index (κ3) is 3.44. The van der Waals surface area contributed by atoms with Crippen molar-refractivity contribution in [3.63, 3.8) is 0 Å². The van der Waals surface area contributed by atoms with Gasteiger partial charge in [0.25, 0.3) is 5.91 Å². The van der Waals surface area contributed by atoms with E-state index in [9.17, 15) is 9.59 Å². The van der Waals surface area contributed by atoms with E-state index < -0.39 is 0 Å². The molecule has 2 aromatic heterocycles. The van der Waals surface area contributed by atoms with E-state index >= 15 is 0 Å². The zero-order chi connectivity index (χ0) is 16.2. The average molecular weight is 334 g/mol. The Morgan fingerprint density at radius 1 is 1.43 bits per heavy atom. The molecular weight excluding hydrogens is 316 g/mol. The molecule has 6 nitrogen and oxygen atoms in total. The lowest BCUT2D eigenvalue weighted by molar-refractivity contribution is -0.149. The van der Waals surface area contributed by atoms with Crippen molar-refractivity contribution in [1.29, 1.82) is 0 Å². The van der Waals surface area contributed by atoms with Crippen molar-refractivity contribution in [2.75, 3.05) is 19.7 Å². The van der Waals surface area contributed by atoms with Gasteiger partial charge >= 0.3 is 5.97 Å². The summed E-state index contributed by atoms with van der Waals surface area (Å²) in [6, 6.07) is 5.51. The van der Waals surface area contributed by atoms with Crippen LogP contribution in [-0.2, 0) is 9.53 Å². The second kappa shape index (κ2) is 6.95. The molecule has 2 aromatic rings. The molecule has 7 heteroatoms.